The minimum absolute atomic E-state index is 0.0718. The largest absolute Gasteiger partial charge is 0.273 e. The first kappa shape index (κ1) is 11.0. The molecule has 0 bridgehead atoms. The van der Waals surface area contributed by atoms with Crippen LogP contribution in [0.3, 0.4) is 0 Å². The van der Waals surface area contributed by atoms with Crippen molar-refractivity contribution in [3.8, 4) is 0 Å². The fourth-order valence-corrected chi connectivity index (χ4v) is 2.29. The van der Waals surface area contributed by atoms with Crippen LogP contribution in [-0.4, -0.2) is 15.6 Å². The summed E-state index contributed by atoms with van der Waals surface area (Å²) in [4.78, 5) is 16.4. The number of benzene rings is 1. The summed E-state index contributed by atoms with van der Waals surface area (Å²) in [7, 11) is 0. The number of imidazole rings is 1. The third kappa shape index (κ3) is 2.01. The predicted octanol–water partition coefficient (Wildman–Crippen LogP) is 2.46. The number of rotatable bonds is 2. The molecule has 1 aromatic heterocycles. The molecule has 1 aliphatic rings. The van der Waals surface area contributed by atoms with E-state index < -0.39 is 0 Å². The lowest BCUT2D eigenvalue weighted by molar-refractivity contribution is -0.121. The summed E-state index contributed by atoms with van der Waals surface area (Å²) in [5, 5.41) is 0. The number of carbonyl (C=O) groups is 1. The van der Waals surface area contributed by atoms with Gasteiger partial charge in [-0.1, -0.05) is 24.3 Å². The Bertz CT molecular complexity index is 600. The van der Waals surface area contributed by atoms with Gasteiger partial charge in [-0.2, -0.15) is 0 Å². The number of aromatic nitrogens is 2. The van der Waals surface area contributed by atoms with Gasteiger partial charge in [0.2, 0.25) is 5.91 Å². The fourth-order valence-electron chi connectivity index (χ4n) is 2.29. The molecule has 1 unspecified atom stereocenters. The van der Waals surface area contributed by atoms with Crippen molar-refractivity contribution in [3.05, 3.63) is 42.7 Å². The van der Waals surface area contributed by atoms with Crippen LogP contribution < -0.4 is 5.43 Å². The third-order valence-electron chi connectivity index (χ3n) is 3.32. The topological polar surface area (TPSA) is 46.9 Å². The van der Waals surface area contributed by atoms with Gasteiger partial charge in [0, 0.05) is 5.92 Å². The number of nitrogens with one attached hydrogen (secondary N) is 1. The Balaban J connectivity index is 1.79. The molecule has 0 fully saturated rings. The first-order valence-corrected chi connectivity index (χ1v) is 6.22. The van der Waals surface area contributed by atoms with Gasteiger partial charge in [0.05, 0.1) is 11.0 Å². The van der Waals surface area contributed by atoms with Gasteiger partial charge in [-0.15, -0.1) is 0 Å². The maximum Gasteiger partial charge on any atom is 0.242 e. The molecule has 1 heterocycles. The molecule has 1 N–H and O–H groups in total. The number of allylic oxidation sites excluding steroid dienone is 2. The summed E-state index contributed by atoms with van der Waals surface area (Å²) in [6, 6.07) is 7.76. The van der Waals surface area contributed by atoms with E-state index in [1.54, 1.807) is 11.0 Å². The summed E-state index contributed by atoms with van der Waals surface area (Å²) in [6.07, 6.45) is 8.62. The lowest BCUT2D eigenvalue weighted by Crippen LogP contribution is -2.29. The van der Waals surface area contributed by atoms with Gasteiger partial charge < -0.3 is 0 Å². The molecule has 0 radical (unpaired) electrons. The van der Waals surface area contributed by atoms with Crippen LogP contribution in [0.25, 0.3) is 11.0 Å². The van der Waals surface area contributed by atoms with Crippen molar-refractivity contribution in [2.45, 2.75) is 19.3 Å². The number of carbonyl (C=O) groups excluding carboxylic acids is 1. The van der Waals surface area contributed by atoms with Crippen LogP contribution >= 0.6 is 0 Å². The summed E-state index contributed by atoms with van der Waals surface area (Å²) in [5.74, 6) is 0.152. The van der Waals surface area contributed by atoms with E-state index in [1.807, 2.05) is 24.3 Å². The van der Waals surface area contributed by atoms with Crippen LogP contribution in [-0.2, 0) is 4.79 Å². The summed E-state index contributed by atoms with van der Waals surface area (Å²) in [5.41, 5.74) is 4.73. The highest BCUT2D eigenvalue weighted by Crippen LogP contribution is 2.19. The highest BCUT2D eigenvalue weighted by atomic mass is 16.2. The molecule has 1 aliphatic carbocycles. The number of para-hydroxylation sites is 2. The van der Waals surface area contributed by atoms with Crippen molar-refractivity contribution in [1.29, 1.82) is 0 Å². The molecule has 3 rings (SSSR count). The Labute approximate surface area is 105 Å². The smallest absolute Gasteiger partial charge is 0.242 e. The molecule has 0 saturated carbocycles. The van der Waals surface area contributed by atoms with Crippen molar-refractivity contribution < 1.29 is 4.79 Å². The number of amides is 1. The second-order valence-corrected chi connectivity index (χ2v) is 4.56. The molecule has 1 aromatic carbocycles. The van der Waals surface area contributed by atoms with E-state index in [0.717, 1.165) is 30.3 Å². The Kier molecular flexibility index (Phi) is 2.84. The summed E-state index contributed by atoms with van der Waals surface area (Å²) >= 11 is 0. The van der Waals surface area contributed by atoms with Crippen LogP contribution in [0.1, 0.15) is 19.3 Å². The van der Waals surface area contributed by atoms with Gasteiger partial charge >= 0.3 is 0 Å². The summed E-state index contributed by atoms with van der Waals surface area (Å²) < 4.78 is 1.70. The maximum absolute atomic E-state index is 12.1. The molecular formula is C14H15N3O. The SMILES string of the molecule is O=C(Nn1cnc2ccccc21)C1CC=CCC1. The van der Waals surface area contributed by atoms with Crippen LogP contribution in [0.4, 0.5) is 0 Å². The second kappa shape index (κ2) is 4.64. The molecule has 18 heavy (non-hydrogen) atoms. The highest BCUT2D eigenvalue weighted by Gasteiger charge is 2.19. The van der Waals surface area contributed by atoms with Crippen molar-refractivity contribution >= 4 is 16.9 Å². The van der Waals surface area contributed by atoms with E-state index in [1.165, 1.54) is 0 Å². The van der Waals surface area contributed by atoms with Crippen molar-refractivity contribution in [3.63, 3.8) is 0 Å². The predicted molar refractivity (Wildman–Crippen MR) is 70.6 cm³/mol. The molecule has 0 saturated heterocycles. The molecular weight excluding hydrogens is 226 g/mol. The number of hydrogen-bond acceptors (Lipinski definition) is 2. The van der Waals surface area contributed by atoms with E-state index in [-0.39, 0.29) is 11.8 Å². The van der Waals surface area contributed by atoms with Gasteiger partial charge in [-0.3, -0.25) is 10.2 Å². The molecule has 1 atom stereocenters. The minimum atomic E-state index is 0.0718. The Hall–Kier alpha value is -2.10. The molecule has 1 amide bonds. The Morgan fingerprint density at radius 3 is 3.06 bits per heavy atom. The van der Waals surface area contributed by atoms with Crippen molar-refractivity contribution in [2.24, 2.45) is 5.92 Å². The van der Waals surface area contributed by atoms with E-state index in [4.69, 9.17) is 0 Å². The van der Waals surface area contributed by atoms with E-state index in [9.17, 15) is 4.79 Å². The molecule has 4 nitrogen and oxygen atoms in total. The summed E-state index contributed by atoms with van der Waals surface area (Å²) in [6.45, 7) is 0. The van der Waals surface area contributed by atoms with Gasteiger partial charge in [0.1, 0.15) is 6.33 Å². The van der Waals surface area contributed by atoms with Gasteiger partial charge in [0.15, 0.2) is 0 Å². The first-order valence-electron chi connectivity index (χ1n) is 6.22. The van der Waals surface area contributed by atoms with Gasteiger partial charge in [0.25, 0.3) is 0 Å². The van der Waals surface area contributed by atoms with Gasteiger partial charge in [-0.25, -0.2) is 9.66 Å². The van der Waals surface area contributed by atoms with Gasteiger partial charge in [-0.05, 0) is 31.4 Å². The molecule has 2 aromatic rings. The monoisotopic (exact) mass is 241 g/mol. The van der Waals surface area contributed by atoms with Crippen molar-refractivity contribution in [2.75, 3.05) is 5.43 Å². The quantitative estimate of drug-likeness (QED) is 0.821. The average Bonchev–Trinajstić information content (AvgIpc) is 2.83. The lowest BCUT2D eigenvalue weighted by Gasteiger charge is -2.17. The molecule has 0 aliphatic heterocycles. The number of nitrogens with zero attached hydrogens (tertiary/aromatic N) is 2. The zero-order valence-electron chi connectivity index (χ0n) is 10.0. The Morgan fingerprint density at radius 1 is 1.33 bits per heavy atom. The zero-order valence-corrected chi connectivity index (χ0v) is 10.0. The van der Waals surface area contributed by atoms with E-state index >= 15 is 0 Å². The fraction of sp³-hybridized carbons (Fsp3) is 0.286. The number of fused-ring (bicyclic) bond motifs is 1. The standard InChI is InChI=1S/C14H15N3O/c18-14(11-6-2-1-3-7-11)16-17-10-15-12-8-4-5-9-13(12)17/h1-2,4-5,8-11H,3,6-7H2,(H,16,18). The third-order valence-corrected chi connectivity index (χ3v) is 3.32. The van der Waals surface area contributed by atoms with Crippen LogP contribution in [0.5, 0.6) is 0 Å². The number of hydrogen-bond donors (Lipinski definition) is 1. The van der Waals surface area contributed by atoms with Crippen LogP contribution in [0.2, 0.25) is 0 Å². The first-order chi connectivity index (χ1) is 8.84. The zero-order chi connectivity index (χ0) is 12.4. The maximum atomic E-state index is 12.1. The lowest BCUT2D eigenvalue weighted by atomic mass is 9.94. The average molecular weight is 241 g/mol. The van der Waals surface area contributed by atoms with Crippen LogP contribution in [0, 0.1) is 5.92 Å². The molecule has 92 valence electrons. The normalized spacial score (nSPS) is 19.0. The Morgan fingerprint density at radius 2 is 2.22 bits per heavy atom. The molecule has 4 heteroatoms. The van der Waals surface area contributed by atoms with E-state index in [0.29, 0.717) is 0 Å². The van der Waals surface area contributed by atoms with E-state index in [2.05, 4.69) is 22.6 Å². The highest BCUT2D eigenvalue weighted by molar-refractivity contribution is 5.88. The van der Waals surface area contributed by atoms with Crippen LogP contribution in [0.15, 0.2) is 42.7 Å². The van der Waals surface area contributed by atoms with Crippen molar-refractivity contribution in [1.82, 2.24) is 9.66 Å². The second-order valence-electron chi connectivity index (χ2n) is 4.56. The molecule has 0 spiro atoms. The minimum Gasteiger partial charge on any atom is -0.273 e.